The molecule has 32 heavy (non-hydrogen) atoms. The molecule has 0 radical (unpaired) electrons. The molecule has 3 rings (SSSR count). The molecule has 0 aliphatic rings. The molecule has 0 saturated carbocycles. The van der Waals surface area contributed by atoms with E-state index < -0.39 is 23.2 Å². The molecule has 0 aliphatic carbocycles. The lowest BCUT2D eigenvalue weighted by Crippen LogP contribution is -2.46. The van der Waals surface area contributed by atoms with Crippen LogP contribution in [0, 0.1) is 0 Å². The molecule has 0 atom stereocenters. The quantitative estimate of drug-likeness (QED) is 0.649. The van der Waals surface area contributed by atoms with Crippen molar-refractivity contribution >= 4 is 11.8 Å². The van der Waals surface area contributed by atoms with E-state index in [-0.39, 0.29) is 29.5 Å². The van der Waals surface area contributed by atoms with Crippen molar-refractivity contribution in [2.45, 2.75) is 32.5 Å². The topological polar surface area (TPSA) is 72.2 Å². The first-order valence-electron chi connectivity index (χ1n) is 9.82. The number of carbonyl (C=O) groups excluding carboxylic acids is 2. The number of likely N-dealkylation sites (N-methyl/N-ethyl adjacent to an activating group) is 1. The molecule has 10 heteroatoms. The van der Waals surface area contributed by atoms with Crippen LogP contribution in [0.3, 0.4) is 0 Å². The zero-order valence-corrected chi connectivity index (χ0v) is 18.1. The zero-order chi connectivity index (χ0) is 23.7. The molecule has 2 amide bonds. The van der Waals surface area contributed by atoms with Crippen LogP contribution < -0.4 is 5.32 Å². The van der Waals surface area contributed by atoms with Crippen LogP contribution in [-0.4, -0.2) is 50.2 Å². The first kappa shape index (κ1) is 23.1. The number of hydrogen-bond acceptors (Lipinski definition) is 3. The van der Waals surface area contributed by atoms with Gasteiger partial charge in [-0.25, -0.2) is 4.68 Å². The Bertz CT molecular complexity index is 1110. The molecule has 0 fully saturated rings. The molecule has 2 heterocycles. The van der Waals surface area contributed by atoms with Gasteiger partial charge in [-0.15, -0.1) is 0 Å². The van der Waals surface area contributed by atoms with Crippen LogP contribution in [0.1, 0.15) is 36.7 Å². The number of amides is 2. The summed E-state index contributed by atoms with van der Waals surface area (Å²) in [6.45, 7) is 5.30. The molecule has 3 aromatic rings. The number of aromatic nitrogens is 3. The lowest BCUT2D eigenvalue weighted by molar-refractivity contribution is -0.137. The van der Waals surface area contributed by atoms with E-state index in [1.165, 1.54) is 35.0 Å². The van der Waals surface area contributed by atoms with E-state index in [0.717, 1.165) is 12.1 Å². The van der Waals surface area contributed by atoms with Crippen molar-refractivity contribution in [1.82, 2.24) is 24.6 Å². The van der Waals surface area contributed by atoms with Crippen LogP contribution in [0.25, 0.3) is 11.5 Å². The number of hydrogen-bond donors (Lipinski definition) is 1. The summed E-state index contributed by atoms with van der Waals surface area (Å²) in [5.41, 5.74) is -0.987. The second kappa shape index (κ2) is 8.52. The third kappa shape index (κ3) is 5.19. The van der Waals surface area contributed by atoms with Crippen molar-refractivity contribution in [2.75, 3.05) is 13.6 Å². The Morgan fingerprint density at radius 3 is 2.34 bits per heavy atom. The zero-order valence-electron chi connectivity index (χ0n) is 18.1. The highest BCUT2D eigenvalue weighted by atomic mass is 19.4. The van der Waals surface area contributed by atoms with E-state index in [1.54, 1.807) is 29.1 Å². The number of rotatable bonds is 5. The van der Waals surface area contributed by atoms with Crippen LogP contribution in [0.4, 0.5) is 13.2 Å². The lowest BCUT2D eigenvalue weighted by Gasteiger charge is -2.23. The van der Waals surface area contributed by atoms with Gasteiger partial charge in [0.25, 0.3) is 5.91 Å². The van der Waals surface area contributed by atoms with Crippen LogP contribution in [0.2, 0.25) is 0 Å². The largest absolute Gasteiger partial charge is 0.416 e. The molecule has 170 valence electrons. The van der Waals surface area contributed by atoms with Gasteiger partial charge in [0.2, 0.25) is 5.91 Å². The minimum absolute atomic E-state index is 0.143. The summed E-state index contributed by atoms with van der Waals surface area (Å²) in [7, 11) is 1.48. The van der Waals surface area contributed by atoms with E-state index in [1.807, 2.05) is 20.8 Å². The fourth-order valence-corrected chi connectivity index (χ4v) is 3.17. The van der Waals surface area contributed by atoms with Gasteiger partial charge in [0.05, 0.1) is 24.0 Å². The second-order valence-corrected chi connectivity index (χ2v) is 8.39. The Hall–Kier alpha value is -3.56. The molecule has 1 N–H and O–H groups in total. The van der Waals surface area contributed by atoms with Gasteiger partial charge in [-0.1, -0.05) is 6.07 Å². The summed E-state index contributed by atoms with van der Waals surface area (Å²) in [6, 6.07) is 8.13. The number of nitrogens with zero attached hydrogens (tertiary/aromatic N) is 4. The minimum Gasteiger partial charge on any atom is -0.350 e. The van der Waals surface area contributed by atoms with Gasteiger partial charge in [0.15, 0.2) is 5.82 Å². The van der Waals surface area contributed by atoms with Crippen molar-refractivity contribution in [3.05, 3.63) is 66.1 Å². The number of nitrogens with one attached hydrogen (secondary N) is 1. The number of halogens is 3. The van der Waals surface area contributed by atoms with Gasteiger partial charge < -0.3 is 14.8 Å². The Balaban J connectivity index is 1.99. The summed E-state index contributed by atoms with van der Waals surface area (Å²) < 4.78 is 42.5. The third-order valence-electron chi connectivity index (χ3n) is 4.48. The van der Waals surface area contributed by atoms with Crippen molar-refractivity contribution in [2.24, 2.45) is 0 Å². The van der Waals surface area contributed by atoms with Gasteiger partial charge in [-0.2, -0.15) is 18.3 Å². The van der Waals surface area contributed by atoms with E-state index in [9.17, 15) is 22.8 Å². The molecular formula is C22H24F3N5O2. The van der Waals surface area contributed by atoms with Crippen molar-refractivity contribution in [3.63, 3.8) is 0 Å². The van der Waals surface area contributed by atoms with Crippen molar-refractivity contribution in [3.8, 4) is 11.5 Å². The highest BCUT2D eigenvalue weighted by Crippen LogP contribution is 2.31. The maximum absolute atomic E-state index is 13.2. The molecule has 0 aliphatic heterocycles. The monoisotopic (exact) mass is 447 g/mol. The van der Waals surface area contributed by atoms with Gasteiger partial charge in [-0.05, 0) is 51.1 Å². The molecule has 0 bridgehead atoms. The normalized spacial score (nSPS) is 12.0. The fourth-order valence-electron chi connectivity index (χ4n) is 3.17. The van der Waals surface area contributed by atoms with Crippen LogP contribution in [0.5, 0.6) is 0 Å². The highest BCUT2D eigenvalue weighted by Gasteiger charge is 2.31. The Kier molecular flexibility index (Phi) is 6.16. The molecule has 0 saturated heterocycles. The van der Waals surface area contributed by atoms with E-state index in [2.05, 4.69) is 10.4 Å². The Morgan fingerprint density at radius 2 is 1.75 bits per heavy atom. The molecule has 1 aromatic carbocycles. The van der Waals surface area contributed by atoms with Crippen LogP contribution >= 0.6 is 0 Å². The number of carbonyl (C=O) groups is 2. The van der Waals surface area contributed by atoms with E-state index in [4.69, 9.17) is 0 Å². The molecular weight excluding hydrogens is 423 g/mol. The Labute approximate surface area is 183 Å². The number of alkyl halides is 3. The minimum atomic E-state index is -4.52. The standard InChI is InChI=1S/C22H24F3N5O2/c1-21(2,3)27-18(31)14-28(4)20(32)17-13-26-30(19(17)29-10-5-6-11-29)16-9-7-8-15(12-16)22(23,24)25/h5-13H,14H2,1-4H3,(H,27,31). The lowest BCUT2D eigenvalue weighted by atomic mass is 10.1. The average Bonchev–Trinajstić information content (AvgIpc) is 3.34. The first-order valence-corrected chi connectivity index (χ1v) is 9.82. The van der Waals surface area contributed by atoms with Gasteiger partial charge >= 0.3 is 6.18 Å². The van der Waals surface area contributed by atoms with Crippen molar-refractivity contribution in [1.29, 1.82) is 0 Å². The molecule has 7 nitrogen and oxygen atoms in total. The van der Waals surface area contributed by atoms with Crippen molar-refractivity contribution < 1.29 is 22.8 Å². The predicted molar refractivity (Wildman–Crippen MR) is 113 cm³/mol. The second-order valence-electron chi connectivity index (χ2n) is 8.39. The Morgan fingerprint density at radius 1 is 1.09 bits per heavy atom. The smallest absolute Gasteiger partial charge is 0.350 e. The predicted octanol–water partition coefficient (Wildman–Crippen LogP) is 3.67. The SMILES string of the molecule is CN(CC(=O)NC(C)(C)C)C(=O)c1cnn(-c2cccc(C(F)(F)F)c2)c1-n1cccc1. The summed E-state index contributed by atoms with van der Waals surface area (Å²) in [5.74, 6) is -0.556. The van der Waals surface area contributed by atoms with Gasteiger partial charge in [-0.3, -0.25) is 9.59 Å². The molecule has 0 unspecified atom stereocenters. The fraction of sp³-hybridized carbons (Fsp3) is 0.318. The van der Waals surface area contributed by atoms with E-state index >= 15 is 0 Å². The van der Waals surface area contributed by atoms with Crippen LogP contribution in [0.15, 0.2) is 55.0 Å². The summed E-state index contributed by atoms with van der Waals surface area (Å²) in [5, 5.41) is 6.97. The first-order chi connectivity index (χ1) is 14.9. The summed E-state index contributed by atoms with van der Waals surface area (Å²) >= 11 is 0. The van der Waals surface area contributed by atoms with Gasteiger partial charge in [0, 0.05) is 25.0 Å². The van der Waals surface area contributed by atoms with Gasteiger partial charge in [0.1, 0.15) is 5.56 Å². The van der Waals surface area contributed by atoms with E-state index in [0.29, 0.717) is 0 Å². The summed E-state index contributed by atoms with van der Waals surface area (Å²) in [6.07, 6.45) is 0.0839. The molecule has 0 spiro atoms. The summed E-state index contributed by atoms with van der Waals surface area (Å²) in [4.78, 5) is 26.6. The average molecular weight is 447 g/mol. The maximum atomic E-state index is 13.2. The number of benzene rings is 1. The maximum Gasteiger partial charge on any atom is 0.416 e. The third-order valence-corrected chi connectivity index (χ3v) is 4.48. The van der Waals surface area contributed by atoms with Crippen LogP contribution in [-0.2, 0) is 11.0 Å². The highest BCUT2D eigenvalue weighted by molar-refractivity contribution is 5.99. The molecule has 2 aromatic heterocycles.